The minimum absolute atomic E-state index is 0.0645. The van der Waals surface area contributed by atoms with Gasteiger partial charge in [0.15, 0.2) is 0 Å². The molecule has 1 N–H and O–H groups in total. The van der Waals surface area contributed by atoms with E-state index in [0.717, 1.165) is 37.4 Å². The number of likely N-dealkylation sites (N-methyl/N-ethyl adjacent to an activating group) is 1. The first-order chi connectivity index (χ1) is 10.8. The lowest BCUT2D eigenvalue weighted by Crippen LogP contribution is -2.48. The molecule has 1 aliphatic rings. The standard InChI is InChI=1S/C16H28N4O2S/c1-18(2)15-7-5-14(6-8-15)16(13-17-23(4,21)22)20-11-9-19(3)10-12-20/h5-8,16-17H,9-13H2,1-4H3/t16-/m0/s1. The molecule has 1 aromatic carbocycles. The van der Waals surface area contributed by atoms with E-state index in [1.165, 1.54) is 6.26 Å². The molecule has 0 aliphatic carbocycles. The largest absolute Gasteiger partial charge is 0.378 e. The Hall–Kier alpha value is -1.15. The van der Waals surface area contributed by atoms with Crippen LogP contribution in [-0.2, 0) is 10.0 Å². The van der Waals surface area contributed by atoms with Crippen molar-refractivity contribution in [3.63, 3.8) is 0 Å². The number of piperazine rings is 1. The van der Waals surface area contributed by atoms with Crippen LogP contribution < -0.4 is 9.62 Å². The first kappa shape index (κ1) is 18.2. The highest BCUT2D eigenvalue weighted by Gasteiger charge is 2.24. The lowest BCUT2D eigenvalue weighted by atomic mass is 10.0. The summed E-state index contributed by atoms with van der Waals surface area (Å²) in [5.41, 5.74) is 2.29. The molecule has 0 spiro atoms. The van der Waals surface area contributed by atoms with Crippen LogP contribution in [0.4, 0.5) is 5.69 Å². The van der Waals surface area contributed by atoms with Crippen molar-refractivity contribution in [2.24, 2.45) is 0 Å². The summed E-state index contributed by atoms with van der Waals surface area (Å²) in [6.07, 6.45) is 1.21. The summed E-state index contributed by atoms with van der Waals surface area (Å²) in [4.78, 5) is 6.72. The number of sulfonamides is 1. The van der Waals surface area contributed by atoms with Crippen molar-refractivity contribution < 1.29 is 8.42 Å². The average Bonchev–Trinajstić information content (AvgIpc) is 2.48. The molecule has 0 amide bonds. The monoisotopic (exact) mass is 340 g/mol. The van der Waals surface area contributed by atoms with Gasteiger partial charge in [0, 0.05) is 58.5 Å². The predicted octanol–water partition coefficient (Wildman–Crippen LogP) is 0.590. The molecule has 7 heteroatoms. The number of anilines is 1. The van der Waals surface area contributed by atoms with Gasteiger partial charge in [0.1, 0.15) is 0 Å². The van der Waals surface area contributed by atoms with Gasteiger partial charge in [-0.25, -0.2) is 13.1 Å². The van der Waals surface area contributed by atoms with Crippen LogP contribution in [0.25, 0.3) is 0 Å². The van der Waals surface area contributed by atoms with Crippen LogP contribution in [-0.4, -0.2) is 78.3 Å². The van der Waals surface area contributed by atoms with Gasteiger partial charge in [-0.2, -0.15) is 0 Å². The van der Waals surface area contributed by atoms with Crippen molar-refractivity contribution in [1.82, 2.24) is 14.5 Å². The molecule has 2 rings (SSSR count). The van der Waals surface area contributed by atoms with Crippen LogP contribution in [0, 0.1) is 0 Å². The summed E-state index contributed by atoms with van der Waals surface area (Å²) in [7, 11) is 2.95. The van der Waals surface area contributed by atoms with Gasteiger partial charge in [-0.1, -0.05) is 12.1 Å². The Kier molecular flexibility index (Phi) is 6.02. The topological polar surface area (TPSA) is 55.9 Å². The van der Waals surface area contributed by atoms with Gasteiger partial charge in [-0.15, -0.1) is 0 Å². The molecular formula is C16H28N4O2S. The lowest BCUT2D eigenvalue weighted by Gasteiger charge is -2.38. The SMILES string of the molecule is CN1CCN([C@@H](CNS(C)(=O)=O)c2ccc(N(C)C)cc2)CC1. The van der Waals surface area contributed by atoms with Gasteiger partial charge in [0.05, 0.1) is 6.26 Å². The average molecular weight is 340 g/mol. The van der Waals surface area contributed by atoms with Crippen LogP contribution in [0.2, 0.25) is 0 Å². The molecule has 1 heterocycles. The third kappa shape index (κ3) is 5.46. The highest BCUT2D eigenvalue weighted by atomic mass is 32.2. The van der Waals surface area contributed by atoms with Gasteiger partial charge < -0.3 is 9.80 Å². The zero-order valence-electron chi connectivity index (χ0n) is 14.5. The third-order valence-corrected chi connectivity index (χ3v) is 5.00. The fourth-order valence-corrected chi connectivity index (χ4v) is 3.28. The number of nitrogens with zero attached hydrogens (tertiary/aromatic N) is 3. The number of rotatable bonds is 6. The van der Waals surface area contributed by atoms with Crippen LogP contribution in [0.15, 0.2) is 24.3 Å². The second-order valence-corrected chi connectivity index (χ2v) is 8.29. The van der Waals surface area contributed by atoms with Crippen molar-refractivity contribution in [3.8, 4) is 0 Å². The fraction of sp³-hybridized carbons (Fsp3) is 0.625. The molecule has 0 radical (unpaired) electrons. The van der Waals surface area contributed by atoms with Crippen molar-refractivity contribution in [2.75, 3.05) is 65.0 Å². The number of hydrogen-bond acceptors (Lipinski definition) is 5. The molecule has 1 aliphatic heterocycles. The molecule has 0 unspecified atom stereocenters. The van der Waals surface area contributed by atoms with E-state index in [1.54, 1.807) is 0 Å². The summed E-state index contributed by atoms with van der Waals surface area (Å²) in [6, 6.07) is 8.43. The van der Waals surface area contributed by atoms with Crippen LogP contribution >= 0.6 is 0 Å². The zero-order chi connectivity index (χ0) is 17.0. The molecule has 23 heavy (non-hydrogen) atoms. The van der Waals surface area contributed by atoms with E-state index in [1.807, 2.05) is 14.1 Å². The maximum absolute atomic E-state index is 11.5. The first-order valence-corrected chi connectivity index (χ1v) is 9.80. The van der Waals surface area contributed by atoms with E-state index >= 15 is 0 Å². The number of nitrogens with one attached hydrogen (secondary N) is 1. The van der Waals surface area contributed by atoms with Crippen LogP contribution in [0.3, 0.4) is 0 Å². The van der Waals surface area contributed by atoms with E-state index in [-0.39, 0.29) is 6.04 Å². The molecule has 0 aromatic heterocycles. The Morgan fingerprint density at radius 1 is 1.13 bits per heavy atom. The van der Waals surface area contributed by atoms with E-state index in [0.29, 0.717) is 6.54 Å². The van der Waals surface area contributed by atoms with E-state index in [2.05, 4.69) is 50.7 Å². The second-order valence-electron chi connectivity index (χ2n) is 6.46. The summed E-state index contributed by atoms with van der Waals surface area (Å²) in [5, 5.41) is 0. The Morgan fingerprint density at radius 2 is 1.70 bits per heavy atom. The van der Waals surface area contributed by atoms with E-state index in [4.69, 9.17) is 0 Å². The fourth-order valence-electron chi connectivity index (χ4n) is 2.82. The highest BCUT2D eigenvalue weighted by molar-refractivity contribution is 7.88. The molecule has 6 nitrogen and oxygen atoms in total. The maximum atomic E-state index is 11.5. The summed E-state index contributed by atoms with van der Waals surface area (Å²) >= 11 is 0. The van der Waals surface area contributed by atoms with Crippen LogP contribution in [0.1, 0.15) is 11.6 Å². The van der Waals surface area contributed by atoms with Crippen molar-refractivity contribution in [3.05, 3.63) is 29.8 Å². The predicted molar refractivity (Wildman–Crippen MR) is 95.4 cm³/mol. The second kappa shape index (κ2) is 7.61. The Labute approximate surface area is 140 Å². The minimum atomic E-state index is -3.19. The van der Waals surface area contributed by atoms with Crippen molar-refractivity contribution >= 4 is 15.7 Å². The van der Waals surface area contributed by atoms with Crippen molar-refractivity contribution in [2.45, 2.75) is 6.04 Å². The molecule has 0 bridgehead atoms. The van der Waals surface area contributed by atoms with Gasteiger partial charge >= 0.3 is 0 Å². The molecule has 1 atom stereocenters. The summed E-state index contributed by atoms with van der Waals surface area (Å²) < 4.78 is 25.7. The van der Waals surface area contributed by atoms with Crippen LogP contribution in [0.5, 0.6) is 0 Å². The molecule has 0 saturated carbocycles. The lowest BCUT2D eigenvalue weighted by molar-refractivity contribution is 0.113. The molecule has 130 valence electrons. The summed E-state index contributed by atoms with van der Waals surface area (Å²) in [6.45, 7) is 4.31. The Bertz CT molecular complexity index is 593. The van der Waals surface area contributed by atoms with Gasteiger partial charge in [0.25, 0.3) is 0 Å². The Balaban J connectivity index is 2.18. The minimum Gasteiger partial charge on any atom is -0.378 e. The number of hydrogen-bond donors (Lipinski definition) is 1. The number of benzene rings is 1. The summed E-state index contributed by atoms with van der Waals surface area (Å²) in [5.74, 6) is 0. The van der Waals surface area contributed by atoms with Gasteiger partial charge in [-0.3, -0.25) is 4.90 Å². The van der Waals surface area contributed by atoms with Crippen molar-refractivity contribution in [1.29, 1.82) is 0 Å². The third-order valence-electron chi connectivity index (χ3n) is 4.31. The normalized spacial score (nSPS) is 18.8. The Morgan fingerprint density at radius 3 is 2.17 bits per heavy atom. The highest BCUT2D eigenvalue weighted by Crippen LogP contribution is 2.24. The molecular weight excluding hydrogens is 312 g/mol. The zero-order valence-corrected chi connectivity index (χ0v) is 15.3. The van der Waals surface area contributed by atoms with Gasteiger partial charge in [-0.05, 0) is 24.7 Å². The molecule has 1 saturated heterocycles. The smallest absolute Gasteiger partial charge is 0.208 e. The quantitative estimate of drug-likeness (QED) is 0.821. The molecule has 1 fully saturated rings. The van der Waals surface area contributed by atoms with E-state index < -0.39 is 10.0 Å². The first-order valence-electron chi connectivity index (χ1n) is 7.91. The molecule has 1 aromatic rings. The van der Waals surface area contributed by atoms with Gasteiger partial charge in [0.2, 0.25) is 10.0 Å². The van der Waals surface area contributed by atoms with E-state index in [9.17, 15) is 8.42 Å². The maximum Gasteiger partial charge on any atom is 0.208 e.